The minimum absolute atomic E-state index is 0.203. The lowest BCUT2D eigenvalue weighted by atomic mass is 10.1. The lowest BCUT2D eigenvalue weighted by molar-refractivity contribution is -0.137. The van der Waals surface area contributed by atoms with Crippen LogP contribution in [0.1, 0.15) is 5.56 Å². The molecule has 0 radical (unpaired) electrons. The summed E-state index contributed by atoms with van der Waals surface area (Å²) in [6.45, 7) is 0. The minimum Gasteiger partial charge on any atom is -0.355 e. The molecule has 0 fully saturated rings. The van der Waals surface area contributed by atoms with Crippen LogP contribution in [0.3, 0.4) is 0 Å². The van der Waals surface area contributed by atoms with Crippen LogP contribution < -0.4 is 5.43 Å². The Morgan fingerprint density at radius 2 is 1.81 bits per heavy atom. The molecule has 4 rings (SSSR count). The van der Waals surface area contributed by atoms with Crippen molar-refractivity contribution in [2.75, 3.05) is 0 Å². The van der Waals surface area contributed by atoms with Crippen LogP contribution in [0.2, 0.25) is 0 Å². The summed E-state index contributed by atoms with van der Waals surface area (Å²) in [6.07, 6.45) is -4.44. The Morgan fingerprint density at radius 1 is 1.00 bits per heavy atom. The predicted molar refractivity (Wildman–Crippen MR) is 94.0 cm³/mol. The number of hydrogen-bond acceptors (Lipinski definition) is 4. The van der Waals surface area contributed by atoms with E-state index in [0.29, 0.717) is 10.9 Å². The van der Waals surface area contributed by atoms with Crippen molar-refractivity contribution in [1.29, 1.82) is 0 Å². The number of halogens is 3. The summed E-state index contributed by atoms with van der Waals surface area (Å²) >= 11 is 1.39. The third-order valence-corrected chi connectivity index (χ3v) is 4.90. The zero-order chi connectivity index (χ0) is 18.3. The SMILES string of the molecule is O=c1c(-c2cc(-c3cccc(C(F)(F)F)c3)no2)csc2ccccc12. The maximum absolute atomic E-state index is 12.9. The normalized spacial score (nSPS) is 11.8. The molecule has 0 aliphatic heterocycles. The van der Waals surface area contributed by atoms with Crippen LogP contribution in [0, 0.1) is 0 Å². The quantitative estimate of drug-likeness (QED) is 0.459. The number of aromatic nitrogens is 1. The molecule has 3 nitrogen and oxygen atoms in total. The number of nitrogens with zero attached hydrogens (tertiary/aromatic N) is 1. The fraction of sp³-hybridized carbons (Fsp3) is 0.0526. The van der Waals surface area contributed by atoms with Crippen molar-refractivity contribution < 1.29 is 17.7 Å². The molecule has 0 aliphatic rings. The average molecular weight is 373 g/mol. The standard InChI is InChI=1S/C19H10F3NO2S/c20-19(21,22)12-5-3-4-11(8-12)15-9-16(25-23-15)14-10-26-17-7-2-1-6-13(17)18(14)24/h1-10H. The molecule has 0 atom stereocenters. The Labute approximate surface area is 149 Å². The van der Waals surface area contributed by atoms with Crippen molar-refractivity contribution in [3.8, 4) is 22.6 Å². The van der Waals surface area contributed by atoms with Gasteiger partial charge in [0.05, 0.1) is 11.1 Å². The molecule has 7 heteroatoms. The summed E-state index contributed by atoms with van der Waals surface area (Å²) in [5, 5.41) is 6.06. The summed E-state index contributed by atoms with van der Waals surface area (Å²) in [5.74, 6) is 0.226. The molecule has 2 aromatic heterocycles. The zero-order valence-electron chi connectivity index (χ0n) is 13.1. The monoisotopic (exact) mass is 373 g/mol. The van der Waals surface area contributed by atoms with Crippen molar-refractivity contribution in [3.05, 3.63) is 75.8 Å². The van der Waals surface area contributed by atoms with Gasteiger partial charge in [-0.05, 0) is 24.3 Å². The van der Waals surface area contributed by atoms with Crippen molar-refractivity contribution >= 4 is 21.4 Å². The molecular formula is C19H10F3NO2S. The first-order valence-corrected chi connectivity index (χ1v) is 8.47. The van der Waals surface area contributed by atoms with Crippen LogP contribution in [-0.4, -0.2) is 5.16 Å². The second-order valence-electron chi connectivity index (χ2n) is 5.63. The Morgan fingerprint density at radius 3 is 2.62 bits per heavy atom. The summed E-state index contributed by atoms with van der Waals surface area (Å²) in [6, 6.07) is 13.5. The third kappa shape index (κ3) is 2.90. The number of alkyl halides is 3. The molecule has 2 aromatic carbocycles. The maximum atomic E-state index is 12.9. The number of hydrogen-bond donors (Lipinski definition) is 0. The Kier molecular flexibility index (Phi) is 3.88. The fourth-order valence-electron chi connectivity index (χ4n) is 2.64. The summed E-state index contributed by atoms with van der Waals surface area (Å²) < 4.78 is 44.7. The number of rotatable bonds is 2. The minimum atomic E-state index is -4.44. The van der Waals surface area contributed by atoms with Gasteiger partial charge in [-0.15, -0.1) is 11.3 Å². The highest BCUT2D eigenvalue weighted by molar-refractivity contribution is 7.16. The molecule has 4 aromatic rings. The molecule has 26 heavy (non-hydrogen) atoms. The van der Waals surface area contributed by atoms with E-state index in [-0.39, 0.29) is 22.4 Å². The molecule has 0 aliphatic carbocycles. The van der Waals surface area contributed by atoms with Gasteiger partial charge in [-0.1, -0.05) is 29.4 Å². The van der Waals surface area contributed by atoms with Crippen LogP contribution in [-0.2, 0) is 6.18 Å². The van der Waals surface area contributed by atoms with Gasteiger partial charge in [0.15, 0.2) is 11.2 Å². The van der Waals surface area contributed by atoms with Crippen LogP contribution in [0.25, 0.3) is 32.7 Å². The second-order valence-corrected chi connectivity index (χ2v) is 6.54. The molecule has 2 heterocycles. The molecular weight excluding hydrogens is 363 g/mol. The molecule has 0 N–H and O–H groups in total. The van der Waals surface area contributed by atoms with E-state index in [4.69, 9.17) is 4.52 Å². The number of benzene rings is 2. The van der Waals surface area contributed by atoms with Gasteiger partial charge < -0.3 is 4.52 Å². The molecule has 0 amide bonds. The second kappa shape index (κ2) is 6.10. The zero-order valence-corrected chi connectivity index (χ0v) is 13.9. The summed E-state index contributed by atoms with van der Waals surface area (Å²) in [4.78, 5) is 12.6. The third-order valence-electron chi connectivity index (χ3n) is 3.94. The highest BCUT2D eigenvalue weighted by Gasteiger charge is 2.30. The van der Waals surface area contributed by atoms with Gasteiger partial charge in [0.1, 0.15) is 5.69 Å². The molecule has 0 spiro atoms. The number of fused-ring (bicyclic) bond motifs is 1. The van der Waals surface area contributed by atoms with Gasteiger partial charge in [0, 0.05) is 27.1 Å². The molecule has 130 valence electrons. The van der Waals surface area contributed by atoms with E-state index in [1.54, 1.807) is 17.5 Å². The topological polar surface area (TPSA) is 43.1 Å². The molecule has 0 saturated carbocycles. The van der Waals surface area contributed by atoms with Crippen molar-refractivity contribution in [2.24, 2.45) is 0 Å². The van der Waals surface area contributed by atoms with E-state index in [9.17, 15) is 18.0 Å². The first-order valence-electron chi connectivity index (χ1n) is 7.59. The molecule has 0 saturated heterocycles. The van der Waals surface area contributed by atoms with E-state index >= 15 is 0 Å². The molecule has 0 bridgehead atoms. The van der Waals surface area contributed by atoms with Crippen LogP contribution >= 0.6 is 11.3 Å². The van der Waals surface area contributed by atoms with Crippen LogP contribution in [0.15, 0.2) is 69.3 Å². The maximum Gasteiger partial charge on any atom is 0.416 e. The first-order chi connectivity index (χ1) is 12.4. The van der Waals surface area contributed by atoms with Crippen LogP contribution in [0.4, 0.5) is 13.2 Å². The summed E-state index contributed by atoms with van der Waals surface area (Å²) in [7, 11) is 0. The van der Waals surface area contributed by atoms with E-state index < -0.39 is 11.7 Å². The highest BCUT2D eigenvalue weighted by Crippen LogP contribution is 2.33. The predicted octanol–water partition coefficient (Wildman–Crippen LogP) is 5.60. The van der Waals surface area contributed by atoms with Gasteiger partial charge >= 0.3 is 6.18 Å². The fourth-order valence-corrected chi connectivity index (χ4v) is 3.55. The lowest BCUT2D eigenvalue weighted by Gasteiger charge is -2.06. The van der Waals surface area contributed by atoms with E-state index in [1.807, 2.05) is 12.1 Å². The van der Waals surface area contributed by atoms with Crippen molar-refractivity contribution in [3.63, 3.8) is 0 Å². The smallest absolute Gasteiger partial charge is 0.355 e. The molecule has 0 unspecified atom stereocenters. The lowest BCUT2D eigenvalue weighted by Crippen LogP contribution is -2.04. The van der Waals surface area contributed by atoms with Gasteiger partial charge in [0.25, 0.3) is 0 Å². The van der Waals surface area contributed by atoms with Gasteiger partial charge in [-0.25, -0.2) is 0 Å². The Balaban J connectivity index is 1.78. The van der Waals surface area contributed by atoms with Crippen molar-refractivity contribution in [1.82, 2.24) is 5.16 Å². The van der Waals surface area contributed by atoms with E-state index in [0.717, 1.165) is 16.8 Å². The van der Waals surface area contributed by atoms with E-state index in [1.165, 1.54) is 29.5 Å². The first kappa shape index (κ1) is 16.5. The Hall–Kier alpha value is -2.93. The van der Waals surface area contributed by atoms with E-state index in [2.05, 4.69) is 5.16 Å². The van der Waals surface area contributed by atoms with Crippen molar-refractivity contribution in [2.45, 2.75) is 6.18 Å². The Bertz CT molecular complexity index is 1160. The van der Waals surface area contributed by atoms with Crippen LogP contribution in [0.5, 0.6) is 0 Å². The van der Waals surface area contributed by atoms with Gasteiger partial charge in [0.2, 0.25) is 0 Å². The highest BCUT2D eigenvalue weighted by atomic mass is 32.1. The largest absolute Gasteiger partial charge is 0.416 e. The van der Waals surface area contributed by atoms with Gasteiger partial charge in [-0.3, -0.25) is 4.79 Å². The summed E-state index contributed by atoms with van der Waals surface area (Å²) in [5.41, 5.74) is -0.127. The average Bonchev–Trinajstić information content (AvgIpc) is 3.11. The van der Waals surface area contributed by atoms with Gasteiger partial charge in [-0.2, -0.15) is 13.2 Å².